The van der Waals surface area contributed by atoms with Crippen LogP contribution in [0.3, 0.4) is 0 Å². The largest absolute Gasteiger partial charge is 0.302 e. The monoisotopic (exact) mass is 238 g/mol. The molecule has 2 atom stereocenters. The smallest absolute Gasteiger partial charge is 0.182 e. The Kier molecular flexibility index (Phi) is 3.77. The van der Waals surface area contributed by atoms with Crippen LogP contribution in [0.4, 0.5) is 0 Å². The summed E-state index contributed by atoms with van der Waals surface area (Å²) in [5.41, 5.74) is 2.96. The van der Waals surface area contributed by atoms with Gasteiger partial charge in [0.05, 0.1) is 0 Å². The van der Waals surface area contributed by atoms with Crippen molar-refractivity contribution >= 4 is 11.1 Å². The molecule has 0 amide bonds. The van der Waals surface area contributed by atoms with Crippen molar-refractivity contribution < 1.29 is 8.76 Å². The van der Waals surface area contributed by atoms with Crippen LogP contribution in [0.2, 0.25) is 0 Å². The Morgan fingerprint density at radius 2 is 2.12 bits per heavy atom. The molecular weight excluding hydrogens is 220 g/mol. The van der Waals surface area contributed by atoms with E-state index in [1.165, 1.54) is 24.0 Å². The van der Waals surface area contributed by atoms with Gasteiger partial charge in [-0.3, -0.25) is 0 Å². The zero-order valence-corrected chi connectivity index (χ0v) is 10.4. The van der Waals surface area contributed by atoms with E-state index in [0.29, 0.717) is 10.8 Å². The second-order valence-corrected chi connectivity index (χ2v) is 5.67. The molecule has 1 N–H and O–H groups in total. The van der Waals surface area contributed by atoms with Crippen molar-refractivity contribution in [2.45, 2.75) is 39.0 Å². The second-order valence-electron chi connectivity index (χ2n) is 4.65. The van der Waals surface area contributed by atoms with Gasteiger partial charge in [0.25, 0.3) is 0 Å². The third-order valence-corrected chi connectivity index (χ3v) is 4.32. The molecule has 0 heterocycles. The molecule has 0 spiro atoms. The zero-order chi connectivity index (χ0) is 11.5. The molecule has 0 aromatic carbocycles. The lowest BCUT2D eigenvalue weighted by Crippen LogP contribution is -2.10. The number of rotatable bonds is 2. The van der Waals surface area contributed by atoms with Crippen molar-refractivity contribution in [2.24, 2.45) is 5.92 Å². The molecule has 16 heavy (non-hydrogen) atoms. The highest BCUT2D eigenvalue weighted by molar-refractivity contribution is 7.83. The summed E-state index contributed by atoms with van der Waals surface area (Å²) in [5.74, 6) is 0.661. The van der Waals surface area contributed by atoms with Crippen LogP contribution in [0.15, 0.2) is 34.3 Å². The molecule has 0 aromatic rings. The maximum absolute atomic E-state index is 10.9. The van der Waals surface area contributed by atoms with Crippen LogP contribution >= 0.6 is 0 Å². The van der Waals surface area contributed by atoms with E-state index in [0.717, 1.165) is 19.3 Å². The Morgan fingerprint density at radius 3 is 2.62 bits per heavy atom. The summed E-state index contributed by atoms with van der Waals surface area (Å²) in [7, 11) is 0. The fourth-order valence-electron chi connectivity index (χ4n) is 2.42. The number of hydrogen-bond acceptors (Lipinski definition) is 1. The number of hydrogen-bond donors (Lipinski definition) is 1. The molecule has 0 radical (unpaired) electrons. The van der Waals surface area contributed by atoms with E-state index in [9.17, 15) is 4.21 Å². The van der Waals surface area contributed by atoms with Gasteiger partial charge in [-0.05, 0) is 51.0 Å². The van der Waals surface area contributed by atoms with Crippen LogP contribution in [0.1, 0.15) is 39.0 Å². The summed E-state index contributed by atoms with van der Waals surface area (Å²) in [6.45, 7) is 2.19. The SMILES string of the molecule is CC1=CCC(C2=CC=C(S(=O)O)CC2)CC1. The molecule has 3 heteroatoms. The van der Waals surface area contributed by atoms with Crippen LogP contribution in [-0.2, 0) is 11.1 Å². The molecule has 88 valence electrons. The predicted molar refractivity (Wildman–Crippen MR) is 67.3 cm³/mol. The minimum atomic E-state index is -1.77. The summed E-state index contributed by atoms with van der Waals surface area (Å²) in [5, 5.41) is 0. The Hall–Kier alpha value is -0.670. The fraction of sp³-hybridized carbons (Fsp3) is 0.538. The fourth-order valence-corrected chi connectivity index (χ4v) is 2.88. The molecule has 2 aliphatic rings. The van der Waals surface area contributed by atoms with Gasteiger partial charge in [-0.15, -0.1) is 0 Å². The van der Waals surface area contributed by atoms with Crippen molar-refractivity contribution in [2.75, 3.05) is 0 Å². The first-order valence-corrected chi connectivity index (χ1v) is 6.93. The standard InChI is InChI=1S/C13H18O2S/c1-10-2-4-11(5-3-10)12-6-8-13(9-7-12)16(14)15/h2,6,8,11H,3-5,7,9H2,1H3,(H,14,15). The van der Waals surface area contributed by atoms with Crippen LogP contribution in [0, 0.1) is 5.92 Å². The molecule has 0 saturated heterocycles. The van der Waals surface area contributed by atoms with E-state index in [-0.39, 0.29) is 0 Å². The Labute approximate surface area is 99.4 Å². The van der Waals surface area contributed by atoms with E-state index < -0.39 is 11.1 Å². The predicted octanol–water partition coefficient (Wildman–Crippen LogP) is 3.56. The third-order valence-electron chi connectivity index (χ3n) is 3.53. The van der Waals surface area contributed by atoms with Crippen LogP contribution in [0.25, 0.3) is 0 Å². The van der Waals surface area contributed by atoms with Gasteiger partial charge in [-0.25, -0.2) is 4.21 Å². The van der Waals surface area contributed by atoms with E-state index in [1.54, 1.807) is 0 Å². The molecule has 2 aliphatic carbocycles. The van der Waals surface area contributed by atoms with Gasteiger partial charge in [-0.1, -0.05) is 23.3 Å². The first-order valence-electron chi connectivity index (χ1n) is 5.83. The Balaban J connectivity index is 2.05. The molecule has 2 unspecified atom stereocenters. The quantitative estimate of drug-likeness (QED) is 0.590. The Morgan fingerprint density at radius 1 is 1.31 bits per heavy atom. The molecule has 0 aromatic heterocycles. The lowest BCUT2D eigenvalue weighted by atomic mass is 9.82. The highest BCUT2D eigenvalue weighted by atomic mass is 32.2. The van der Waals surface area contributed by atoms with Gasteiger partial charge in [0.15, 0.2) is 11.1 Å². The lowest BCUT2D eigenvalue weighted by Gasteiger charge is -2.25. The average molecular weight is 238 g/mol. The molecule has 2 nitrogen and oxygen atoms in total. The summed E-state index contributed by atoms with van der Waals surface area (Å²) < 4.78 is 19.9. The number of allylic oxidation sites excluding steroid dienone is 6. The second kappa shape index (κ2) is 5.11. The molecule has 0 bridgehead atoms. The molecular formula is C13H18O2S. The van der Waals surface area contributed by atoms with Crippen molar-refractivity contribution in [3.63, 3.8) is 0 Å². The van der Waals surface area contributed by atoms with E-state index in [2.05, 4.69) is 19.1 Å². The van der Waals surface area contributed by atoms with E-state index >= 15 is 0 Å². The van der Waals surface area contributed by atoms with Gasteiger partial charge in [-0.2, -0.15) is 0 Å². The summed E-state index contributed by atoms with van der Waals surface area (Å²) >= 11 is -1.77. The molecule has 0 aliphatic heterocycles. The molecule has 0 saturated carbocycles. The van der Waals surface area contributed by atoms with Crippen LogP contribution in [0.5, 0.6) is 0 Å². The summed E-state index contributed by atoms with van der Waals surface area (Å²) in [6.07, 6.45) is 11.5. The zero-order valence-electron chi connectivity index (χ0n) is 9.61. The van der Waals surface area contributed by atoms with Crippen molar-refractivity contribution in [3.8, 4) is 0 Å². The maximum Gasteiger partial charge on any atom is 0.182 e. The van der Waals surface area contributed by atoms with Gasteiger partial charge in [0.1, 0.15) is 0 Å². The van der Waals surface area contributed by atoms with Crippen molar-refractivity contribution in [1.82, 2.24) is 0 Å². The van der Waals surface area contributed by atoms with Crippen LogP contribution < -0.4 is 0 Å². The highest BCUT2D eigenvalue weighted by Gasteiger charge is 2.19. The first kappa shape index (κ1) is 11.8. The Bertz CT molecular complexity index is 391. The summed E-state index contributed by atoms with van der Waals surface area (Å²) in [4.78, 5) is 0.659. The van der Waals surface area contributed by atoms with Crippen molar-refractivity contribution in [3.05, 3.63) is 34.3 Å². The van der Waals surface area contributed by atoms with Gasteiger partial charge < -0.3 is 4.55 Å². The van der Waals surface area contributed by atoms with E-state index in [1.807, 2.05) is 6.08 Å². The maximum atomic E-state index is 10.9. The van der Waals surface area contributed by atoms with Gasteiger partial charge >= 0.3 is 0 Å². The van der Waals surface area contributed by atoms with Crippen LogP contribution in [-0.4, -0.2) is 8.76 Å². The minimum absolute atomic E-state index is 0.659. The lowest BCUT2D eigenvalue weighted by molar-refractivity contribution is 0.518. The normalized spacial score (nSPS) is 27.9. The third kappa shape index (κ3) is 2.71. The molecule has 2 rings (SSSR count). The van der Waals surface area contributed by atoms with E-state index in [4.69, 9.17) is 4.55 Å². The topological polar surface area (TPSA) is 37.3 Å². The molecule has 0 fully saturated rings. The van der Waals surface area contributed by atoms with Gasteiger partial charge in [0, 0.05) is 4.91 Å². The average Bonchev–Trinajstić information content (AvgIpc) is 2.30. The summed E-state index contributed by atoms with van der Waals surface area (Å²) in [6, 6.07) is 0. The first-order chi connectivity index (χ1) is 7.66. The van der Waals surface area contributed by atoms with Crippen molar-refractivity contribution in [1.29, 1.82) is 0 Å². The van der Waals surface area contributed by atoms with Gasteiger partial charge in [0.2, 0.25) is 0 Å². The highest BCUT2D eigenvalue weighted by Crippen LogP contribution is 2.34. The minimum Gasteiger partial charge on any atom is -0.302 e.